The molecule has 6 aromatic rings. The molecule has 3 aromatic carbocycles. The van der Waals surface area contributed by atoms with Crippen LogP contribution in [0.15, 0.2) is 90.0 Å². The summed E-state index contributed by atoms with van der Waals surface area (Å²) in [5, 5.41) is 3.18. The fourth-order valence-electron chi connectivity index (χ4n) is 6.30. The third kappa shape index (κ3) is 5.23. The van der Waals surface area contributed by atoms with Gasteiger partial charge in [0.05, 0.1) is 29.0 Å². The van der Waals surface area contributed by atoms with Crippen LogP contribution >= 0.6 is 0 Å². The van der Waals surface area contributed by atoms with Crippen LogP contribution < -0.4 is 11.0 Å². The maximum absolute atomic E-state index is 13.8. The normalized spacial score (nSPS) is 12.7. The van der Waals surface area contributed by atoms with Gasteiger partial charge in [-0.05, 0) is 72.0 Å². The van der Waals surface area contributed by atoms with E-state index in [1.54, 1.807) is 35.6 Å². The maximum Gasteiger partial charge on any atom is 0.328 e. The van der Waals surface area contributed by atoms with Gasteiger partial charge in [-0.25, -0.2) is 19.6 Å². The first-order valence-electron chi connectivity index (χ1n) is 15.5. The van der Waals surface area contributed by atoms with Gasteiger partial charge in [0, 0.05) is 61.8 Å². The van der Waals surface area contributed by atoms with E-state index in [-0.39, 0.29) is 11.7 Å². The zero-order valence-corrected chi connectivity index (χ0v) is 26.4. The average molecular weight is 610 g/mol. The highest BCUT2D eigenvalue weighted by atomic mass is 16.2. The summed E-state index contributed by atoms with van der Waals surface area (Å²) in [5.74, 6) is 0.640. The molecule has 0 saturated heterocycles. The van der Waals surface area contributed by atoms with Gasteiger partial charge < -0.3 is 10.2 Å². The number of nitrogens with zero attached hydrogens (tertiary/aromatic N) is 6. The summed E-state index contributed by atoms with van der Waals surface area (Å²) in [6, 6.07) is 24.1. The van der Waals surface area contributed by atoms with Crippen LogP contribution in [0, 0.1) is 6.92 Å². The third-order valence-electron chi connectivity index (χ3n) is 8.93. The summed E-state index contributed by atoms with van der Waals surface area (Å²) >= 11 is 0. The molecule has 0 bridgehead atoms. The lowest BCUT2D eigenvalue weighted by atomic mass is 9.96. The number of aryl methyl sites for hydroxylation is 4. The Bertz CT molecular complexity index is 2180. The highest BCUT2D eigenvalue weighted by molar-refractivity contribution is 5.91. The number of anilines is 1. The fraction of sp³-hybridized carbons (Fsp3) is 0.216. The zero-order valence-electron chi connectivity index (χ0n) is 26.4. The van der Waals surface area contributed by atoms with Gasteiger partial charge in [-0.2, -0.15) is 0 Å². The SMILES string of the molecule is CCc1cc(NC(=O)N2CCc3nc(-c4cccnc4)nc(-c4ccccc4C)c3C2)cc(-c2ccc3c(c2)n(C)c(=O)n3C)c1. The number of aromatic nitrogens is 5. The predicted molar refractivity (Wildman–Crippen MR) is 182 cm³/mol. The monoisotopic (exact) mass is 609 g/mol. The summed E-state index contributed by atoms with van der Waals surface area (Å²) in [5.41, 5.74) is 11.3. The molecule has 0 saturated carbocycles. The molecule has 4 heterocycles. The quantitative estimate of drug-likeness (QED) is 0.240. The summed E-state index contributed by atoms with van der Waals surface area (Å²) in [6.07, 6.45) is 4.96. The van der Waals surface area contributed by atoms with Gasteiger partial charge in [0.25, 0.3) is 0 Å². The van der Waals surface area contributed by atoms with Crippen molar-refractivity contribution in [2.24, 2.45) is 14.1 Å². The fourth-order valence-corrected chi connectivity index (χ4v) is 6.30. The Hall–Kier alpha value is -5.57. The topological polar surface area (TPSA) is 97.9 Å². The van der Waals surface area contributed by atoms with Gasteiger partial charge in [0.1, 0.15) is 0 Å². The third-order valence-corrected chi connectivity index (χ3v) is 8.93. The van der Waals surface area contributed by atoms with Crippen LogP contribution in [0.5, 0.6) is 0 Å². The molecule has 0 aliphatic carbocycles. The first kappa shape index (κ1) is 29.2. The predicted octanol–water partition coefficient (Wildman–Crippen LogP) is 6.52. The Morgan fingerprint density at radius 3 is 2.50 bits per heavy atom. The lowest BCUT2D eigenvalue weighted by Gasteiger charge is -2.30. The van der Waals surface area contributed by atoms with E-state index in [0.717, 1.165) is 73.5 Å². The highest BCUT2D eigenvalue weighted by Crippen LogP contribution is 2.33. The molecule has 46 heavy (non-hydrogen) atoms. The molecule has 9 nitrogen and oxygen atoms in total. The number of carbonyl (C=O) groups excluding carboxylic acids is 1. The Labute approximate surface area is 267 Å². The van der Waals surface area contributed by atoms with Crippen LogP contribution in [-0.2, 0) is 33.5 Å². The molecule has 230 valence electrons. The first-order chi connectivity index (χ1) is 22.3. The van der Waals surface area contributed by atoms with Crippen molar-refractivity contribution in [3.63, 3.8) is 0 Å². The molecule has 9 heteroatoms. The van der Waals surface area contributed by atoms with E-state index >= 15 is 0 Å². The molecular weight excluding hydrogens is 574 g/mol. The summed E-state index contributed by atoms with van der Waals surface area (Å²) < 4.78 is 3.31. The number of hydrogen-bond donors (Lipinski definition) is 1. The molecule has 7 rings (SSSR count). The second-order valence-corrected chi connectivity index (χ2v) is 11.9. The van der Waals surface area contributed by atoms with Crippen molar-refractivity contribution >= 4 is 22.8 Å². The smallest absolute Gasteiger partial charge is 0.320 e. The van der Waals surface area contributed by atoms with E-state index in [1.165, 1.54) is 0 Å². The van der Waals surface area contributed by atoms with Crippen LogP contribution in [0.1, 0.15) is 29.3 Å². The van der Waals surface area contributed by atoms with Crippen LogP contribution in [0.3, 0.4) is 0 Å². The van der Waals surface area contributed by atoms with Crippen molar-refractivity contribution in [2.45, 2.75) is 33.2 Å². The van der Waals surface area contributed by atoms with Gasteiger partial charge in [-0.15, -0.1) is 0 Å². The number of pyridine rings is 1. The molecule has 0 radical (unpaired) electrons. The van der Waals surface area contributed by atoms with Gasteiger partial charge in [-0.1, -0.05) is 43.3 Å². The van der Waals surface area contributed by atoms with Gasteiger partial charge in [0.15, 0.2) is 5.82 Å². The van der Waals surface area contributed by atoms with Crippen molar-refractivity contribution < 1.29 is 4.79 Å². The molecular formula is C37H35N7O2. The molecule has 1 aliphatic rings. The number of rotatable bonds is 5. The number of imidazole rings is 1. The first-order valence-corrected chi connectivity index (χ1v) is 15.5. The maximum atomic E-state index is 13.8. The molecule has 1 N–H and O–H groups in total. The minimum absolute atomic E-state index is 0.0604. The number of urea groups is 1. The summed E-state index contributed by atoms with van der Waals surface area (Å²) in [7, 11) is 3.57. The van der Waals surface area contributed by atoms with Crippen molar-refractivity contribution in [3.8, 4) is 33.8 Å². The second kappa shape index (κ2) is 11.7. The average Bonchev–Trinajstić information content (AvgIpc) is 3.31. The van der Waals surface area contributed by atoms with Gasteiger partial charge >= 0.3 is 11.7 Å². The van der Waals surface area contributed by atoms with E-state index in [1.807, 2.05) is 59.5 Å². The van der Waals surface area contributed by atoms with Crippen molar-refractivity contribution in [3.05, 3.63) is 118 Å². The van der Waals surface area contributed by atoms with E-state index < -0.39 is 0 Å². The number of carbonyl (C=O) groups is 1. The molecule has 2 amide bonds. The Morgan fingerprint density at radius 2 is 1.72 bits per heavy atom. The Balaban J connectivity index is 1.20. The molecule has 0 fully saturated rings. The van der Waals surface area contributed by atoms with E-state index in [0.29, 0.717) is 25.3 Å². The van der Waals surface area contributed by atoms with Crippen LogP contribution in [-0.4, -0.2) is 41.6 Å². The number of nitrogens with one attached hydrogen (secondary N) is 1. The Morgan fingerprint density at radius 1 is 0.891 bits per heavy atom. The molecule has 1 aliphatic heterocycles. The molecule has 0 unspecified atom stereocenters. The van der Waals surface area contributed by atoms with Crippen LogP contribution in [0.4, 0.5) is 10.5 Å². The number of fused-ring (bicyclic) bond motifs is 2. The Kier molecular flexibility index (Phi) is 7.44. The van der Waals surface area contributed by atoms with Crippen molar-refractivity contribution in [1.82, 2.24) is 29.0 Å². The molecule has 0 atom stereocenters. The summed E-state index contributed by atoms with van der Waals surface area (Å²) in [4.78, 5) is 42.4. The number of amides is 2. The number of hydrogen-bond acceptors (Lipinski definition) is 5. The van der Waals surface area contributed by atoms with E-state index in [9.17, 15) is 9.59 Å². The van der Waals surface area contributed by atoms with Crippen LogP contribution in [0.25, 0.3) is 44.8 Å². The lowest BCUT2D eigenvalue weighted by molar-refractivity contribution is 0.206. The second-order valence-electron chi connectivity index (χ2n) is 11.9. The minimum atomic E-state index is -0.169. The van der Waals surface area contributed by atoms with E-state index in [4.69, 9.17) is 9.97 Å². The van der Waals surface area contributed by atoms with Gasteiger partial charge in [0.2, 0.25) is 0 Å². The van der Waals surface area contributed by atoms with Crippen LogP contribution in [0.2, 0.25) is 0 Å². The largest absolute Gasteiger partial charge is 0.328 e. The lowest BCUT2D eigenvalue weighted by Crippen LogP contribution is -2.39. The highest BCUT2D eigenvalue weighted by Gasteiger charge is 2.27. The summed E-state index contributed by atoms with van der Waals surface area (Å²) in [6.45, 7) is 5.11. The van der Waals surface area contributed by atoms with Crippen molar-refractivity contribution in [2.75, 3.05) is 11.9 Å². The number of benzene rings is 3. The zero-order chi connectivity index (χ0) is 31.9. The molecule has 3 aromatic heterocycles. The van der Waals surface area contributed by atoms with Crippen molar-refractivity contribution in [1.29, 1.82) is 0 Å². The minimum Gasteiger partial charge on any atom is -0.320 e. The van der Waals surface area contributed by atoms with E-state index in [2.05, 4.69) is 42.3 Å². The van der Waals surface area contributed by atoms with Gasteiger partial charge in [-0.3, -0.25) is 14.1 Å². The standard InChI is InChI=1S/C37H35N7O2/c1-5-24-17-27(25-12-13-32-33(20-25)43(4)37(46)42(32)3)19-28(18-24)39-36(45)44-16-14-31-30(22-44)34(29-11-7-6-9-23(29)2)41-35(40-31)26-10-8-15-38-21-26/h6-13,15,17-21H,5,14,16,22H2,1-4H3,(H,39,45). The molecule has 0 spiro atoms.